The van der Waals surface area contributed by atoms with Gasteiger partial charge >= 0.3 is 0 Å². The van der Waals surface area contributed by atoms with Crippen molar-refractivity contribution >= 4 is 33.9 Å². The Hall–Kier alpha value is -3.50. The molecule has 7 nitrogen and oxygen atoms in total. The van der Waals surface area contributed by atoms with E-state index >= 15 is 0 Å². The first-order chi connectivity index (χ1) is 15.3. The molecule has 1 amide bonds. The Labute approximate surface area is 180 Å². The van der Waals surface area contributed by atoms with Crippen LogP contribution in [0, 0.1) is 6.92 Å². The van der Waals surface area contributed by atoms with Gasteiger partial charge in [0.25, 0.3) is 12.9 Å². The van der Waals surface area contributed by atoms with Crippen LogP contribution < -0.4 is 5.32 Å². The summed E-state index contributed by atoms with van der Waals surface area (Å²) in [7, 11) is 0. The average Bonchev–Trinajstić information content (AvgIpc) is 3.25. The van der Waals surface area contributed by atoms with E-state index in [4.69, 9.17) is 0 Å². The predicted molar refractivity (Wildman–Crippen MR) is 111 cm³/mol. The summed E-state index contributed by atoms with van der Waals surface area (Å²) in [6.45, 7) is 3.68. The molecule has 0 saturated carbocycles. The molecular weight excluding hydrogens is 428 g/mol. The number of benzene rings is 1. The standard InChI is InChI=1S/C21H20F4N6O/c1-3-8-30-15-7-5-4-6-13(15)27-21(30)28-16(32)10-31-20-17(11(2)29-31)12(18(22)23)9-14(26-20)19(24)25/h4-7,9,18-19H,3,8,10H2,1-2H3,(H,27,28,32). The molecule has 0 spiro atoms. The van der Waals surface area contributed by atoms with Crippen molar-refractivity contribution in [2.75, 3.05) is 5.32 Å². The molecule has 0 unspecified atom stereocenters. The lowest BCUT2D eigenvalue weighted by Crippen LogP contribution is -2.22. The monoisotopic (exact) mass is 448 g/mol. The van der Waals surface area contributed by atoms with E-state index in [0.717, 1.165) is 16.6 Å². The van der Waals surface area contributed by atoms with Gasteiger partial charge in [-0.15, -0.1) is 0 Å². The maximum Gasteiger partial charge on any atom is 0.280 e. The molecule has 0 aliphatic carbocycles. The van der Waals surface area contributed by atoms with Gasteiger partial charge in [0.15, 0.2) is 5.65 Å². The third kappa shape index (κ3) is 3.90. The summed E-state index contributed by atoms with van der Waals surface area (Å²) in [5, 5.41) is 6.78. The van der Waals surface area contributed by atoms with Crippen molar-refractivity contribution in [3.8, 4) is 0 Å². The minimum atomic E-state index is -3.04. The highest BCUT2D eigenvalue weighted by Crippen LogP contribution is 2.32. The number of alkyl halides is 4. The number of imidazole rings is 1. The number of carbonyl (C=O) groups is 1. The fraction of sp³-hybridized carbons (Fsp3) is 0.333. The number of carbonyl (C=O) groups excluding carboxylic acids is 1. The zero-order chi connectivity index (χ0) is 23.0. The first-order valence-corrected chi connectivity index (χ1v) is 9.99. The van der Waals surface area contributed by atoms with Gasteiger partial charge in [-0.2, -0.15) is 5.10 Å². The molecule has 3 heterocycles. The van der Waals surface area contributed by atoms with Crippen LogP contribution in [0.25, 0.3) is 22.1 Å². The highest BCUT2D eigenvalue weighted by atomic mass is 19.3. The molecule has 0 bridgehead atoms. The minimum Gasteiger partial charge on any atom is -0.310 e. The van der Waals surface area contributed by atoms with Crippen molar-refractivity contribution < 1.29 is 22.4 Å². The second kappa shape index (κ2) is 8.56. The number of fused-ring (bicyclic) bond motifs is 2. The van der Waals surface area contributed by atoms with E-state index in [1.165, 1.54) is 6.92 Å². The Morgan fingerprint density at radius 3 is 2.56 bits per heavy atom. The lowest BCUT2D eigenvalue weighted by atomic mass is 10.1. The minimum absolute atomic E-state index is 0.0320. The van der Waals surface area contributed by atoms with Gasteiger partial charge in [0.2, 0.25) is 11.9 Å². The van der Waals surface area contributed by atoms with Crippen LogP contribution in [0.1, 0.15) is 43.1 Å². The van der Waals surface area contributed by atoms with E-state index in [0.29, 0.717) is 24.1 Å². The Bertz CT molecular complexity index is 1300. The number of halogens is 4. The highest BCUT2D eigenvalue weighted by Gasteiger charge is 2.24. The third-order valence-corrected chi connectivity index (χ3v) is 5.03. The van der Waals surface area contributed by atoms with Crippen LogP contribution in [0.2, 0.25) is 0 Å². The van der Waals surface area contributed by atoms with Gasteiger partial charge in [0, 0.05) is 12.1 Å². The zero-order valence-corrected chi connectivity index (χ0v) is 17.3. The molecule has 3 aromatic heterocycles. The number of pyridine rings is 1. The van der Waals surface area contributed by atoms with Crippen molar-refractivity contribution in [2.45, 2.75) is 46.2 Å². The molecular formula is C21H20F4N6O. The summed E-state index contributed by atoms with van der Waals surface area (Å²) in [5.41, 5.74) is 0.178. The van der Waals surface area contributed by atoms with Crippen LogP contribution in [0.5, 0.6) is 0 Å². The van der Waals surface area contributed by atoms with Crippen LogP contribution >= 0.6 is 0 Å². The molecule has 0 radical (unpaired) electrons. The first-order valence-electron chi connectivity index (χ1n) is 9.99. The number of aryl methyl sites for hydroxylation is 2. The van der Waals surface area contributed by atoms with Crippen LogP contribution in [0.15, 0.2) is 30.3 Å². The number of nitrogens with one attached hydrogen (secondary N) is 1. The van der Waals surface area contributed by atoms with E-state index in [1.807, 2.05) is 35.8 Å². The number of hydrogen-bond acceptors (Lipinski definition) is 4. The Balaban J connectivity index is 1.69. The SMILES string of the molecule is CCCn1c(NC(=O)Cn2nc(C)c3c(C(F)F)cc(C(F)F)nc32)nc2ccccc21. The van der Waals surface area contributed by atoms with E-state index < -0.39 is 36.6 Å². The van der Waals surface area contributed by atoms with E-state index in [1.54, 1.807) is 0 Å². The molecule has 4 rings (SSSR count). The average molecular weight is 448 g/mol. The lowest BCUT2D eigenvalue weighted by molar-refractivity contribution is -0.116. The number of aromatic nitrogens is 5. The summed E-state index contributed by atoms with van der Waals surface area (Å²) in [6.07, 6.45) is -5.22. The molecule has 1 N–H and O–H groups in total. The van der Waals surface area contributed by atoms with Gasteiger partial charge in [0.05, 0.1) is 22.1 Å². The Morgan fingerprint density at radius 1 is 1.12 bits per heavy atom. The van der Waals surface area contributed by atoms with Crippen molar-refractivity contribution in [2.24, 2.45) is 0 Å². The third-order valence-electron chi connectivity index (χ3n) is 5.03. The molecule has 0 aliphatic heterocycles. The number of rotatable bonds is 7. The lowest BCUT2D eigenvalue weighted by Gasteiger charge is -2.10. The summed E-state index contributed by atoms with van der Waals surface area (Å²) >= 11 is 0. The topological polar surface area (TPSA) is 77.6 Å². The summed E-state index contributed by atoms with van der Waals surface area (Å²) in [4.78, 5) is 21.0. The smallest absolute Gasteiger partial charge is 0.280 e. The number of amides is 1. The summed E-state index contributed by atoms with van der Waals surface area (Å²) < 4.78 is 56.4. The molecule has 0 atom stereocenters. The Morgan fingerprint density at radius 2 is 1.88 bits per heavy atom. The molecule has 32 heavy (non-hydrogen) atoms. The molecule has 0 saturated heterocycles. The van der Waals surface area contributed by atoms with Crippen LogP contribution in [0.3, 0.4) is 0 Å². The number of nitrogens with zero attached hydrogens (tertiary/aromatic N) is 5. The first kappa shape index (κ1) is 21.7. The second-order valence-corrected chi connectivity index (χ2v) is 7.30. The van der Waals surface area contributed by atoms with E-state index in [-0.39, 0.29) is 16.7 Å². The van der Waals surface area contributed by atoms with Gasteiger partial charge < -0.3 is 4.57 Å². The van der Waals surface area contributed by atoms with Crippen molar-refractivity contribution in [1.29, 1.82) is 0 Å². The predicted octanol–water partition coefficient (Wildman–Crippen LogP) is 5.01. The summed E-state index contributed by atoms with van der Waals surface area (Å²) in [6, 6.07) is 8.10. The molecule has 1 aromatic carbocycles. The van der Waals surface area contributed by atoms with E-state index in [2.05, 4.69) is 20.4 Å². The maximum absolute atomic E-state index is 13.5. The fourth-order valence-corrected chi connectivity index (χ4v) is 3.72. The van der Waals surface area contributed by atoms with Gasteiger partial charge in [-0.3, -0.25) is 10.1 Å². The van der Waals surface area contributed by atoms with Crippen LogP contribution in [-0.4, -0.2) is 30.2 Å². The maximum atomic E-state index is 13.5. The Kier molecular flexibility index (Phi) is 5.81. The van der Waals surface area contributed by atoms with Crippen molar-refractivity contribution in [1.82, 2.24) is 24.3 Å². The highest BCUT2D eigenvalue weighted by molar-refractivity contribution is 5.92. The second-order valence-electron chi connectivity index (χ2n) is 7.30. The molecule has 0 fully saturated rings. The van der Waals surface area contributed by atoms with E-state index in [9.17, 15) is 22.4 Å². The van der Waals surface area contributed by atoms with Crippen molar-refractivity contribution in [3.05, 3.63) is 47.3 Å². The zero-order valence-electron chi connectivity index (χ0n) is 17.3. The molecule has 168 valence electrons. The van der Waals surface area contributed by atoms with Crippen LogP contribution in [0.4, 0.5) is 23.5 Å². The number of para-hydroxylation sites is 2. The largest absolute Gasteiger partial charge is 0.310 e. The van der Waals surface area contributed by atoms with Gasteiger partial charge in [-0.1, -0.05) is 19.1 Å². The number of hydrogen-bond donors (Lipinski definition) is 1. The van der Waals surface area contributed by atoms with Gasteiger partial charge in [0.1, 0.15) is 12.2 Å². The molecule has 11 heteroatoms. The summed E-state index contributed by atoms with van der Waals surface area (Å²) in [5.74, 6) is -0.203. The molecule has 0 aliphatic rings. The van der Waals surface area contributed by atoms with Crippen LogP contribution in [-0.2, 0) is 17.9 Å². The molecule has 4 aromatic rings. The number of anilines is 1. The van der Waals surface area contributed by atoms with Crippen molar-refractivity contribution in [3.63, 3.8) is 0 Å². The van der Waals surface area contributed by atoms with Gasteiger partial charge in [-0.25, -0.2) is 32.2 Å². The normalized spacial score (nSPS) is 11.9. The quantitative estimate of drug-likeness (QED) is 0.403. The van der Waals surface area contributed by atoms with Gasteiger partial charge in [-0.05, 0) is 31.5 Å². The fourth-order valence-electron chi connectivity index (χ4n) is 3.72.